The van der Waals surface area contributed by atoms with Crippen molar-refractivity contribution in [3.05, 3.63) is 58.6 Å². The van der Waals surface area contributed by atoms with Gasteiger partial charge in [0.15, 0.2) is 5.03 Å². The lowest BCUT2D eigenvalue weighted by Crippen LogP contribution is -2.46. The number of aromatic nitrogens is 1. The minimum absolute atomic E-state index is 0.0363. The first-order chi connectivity index (χ1) is 16.2. The highest BCUT2D eigenvalue weighted by Crippen LogP contribution is 2.33. The standard InChI is InChI=1S/C24H26ClN3O5S/c1-14(2)15-4-6-20(18(10-15)24(29)32-3)27-21-12-22(28-19-7-5-16(25)11-17(19)21)34(30,31)23-13-33-9-8-26-23/h4-7,10-12,14,23,26H,8-9,13H2,1-3H3,(H,27,28). The van der Waals surface area contributed by atoms with Crippen molar-refractivity contribution in [3.63, 3.8) is 0 Å². The van der Waals surface area contributed by atoms with Crippen LogP contribution in [0.3, 0.4) is 0 Å². The molecule has 8 nitrogen and oxygen atoms in total. The monoisotopic (exact) mass is 503 g/mol. The maximum absolute atomic E-state index is 13.3. The fraction of sp³-hybridized carbons (Fsp3) is 0.333. The Morgan fingerprint density at radius 3 is 2.68 bits per heavy atom. The van der Waals surface area contributed by atoms with E-state index in [1.807, 2.05) is 19.9 Å². The SMILES string of the molecule is COC(=O)c1cc(C(C)C)ccc1Nc1cc(S(=O)(=O)C2COCCN2)nc2ccc(Cl)cc12. The van der Waals surface area contributed by atoms with Gasteiger partial charge in [0.2, 0.25) is 9.84 Å². The number of nitrogens with zero attached hydrogens (tertiary/aromatic N) is 1. The molecule has 0 saturated carbocycles. The third-order valence-corrected chi connectivity index (χ3v) is 7.77. The Bertz CT molecular complexity index is 1340. The Labute approximate surface area is 203 Å². The zero-order valence-corrected chi connectivity index (χ0v) is 20.7. The van der Waals surface area contributed by atoms with E-state index in [1.165, 1.54) is 13.2 Å². The highest BCUT2D eigenvalue weighted by atomic mass is 35.5. The van der Waals surface area contributed by atoms with Crippen LogP contribution in [0, 0.1) is 0 Å². The molecule has 2 aromatic carbocycles. The molecule has 1 aliphatic rings. The van der Waals surface area contributed by atoms with E-state index >= 15 is 0 Å². The second-order valence-corrected chi connectivity index (χ2v) is 10.8. The number of anilines is 2. The van der Waals surface area contributed by atoms with Crippen LogP contribution in [0.2, 0.25) is 5.02 Å². The molecule has 1 unspecified atom stereocenters. The molecular weight excluding hydrogens is 478 g/mol. The minimum atomic E-state index is -3.84. The first-order valence-corrected chi connectivity index (χ1v) is 12.8. The number of benzene rings is 2. The zero-order chi connectivity index (χ0) is 24.5. The number of sulfone groups is 1. The number of morpholine rings is 1. The van der Waals surface area contributed by atoms with Crippen LogP contribution in [0.15, 0.2) is 47.5 Å². The van der Waals surface area contributed by atoms with Crippen molar-refractivity contribution in [2.45, 2.75) is 30.2 Å². The molecule has 0 bridgehead atoms. The topological polar surface area (TPSA) is 107 Å². The summed E-state index contributed by atoms with van der Waals surface area (Å²) in [5, 5.41) is 6.28. The molecule has 1 aromatic heterocycles. The summed E-state index contributed by atoms with van der Waals surface area (Å²) in [5.41, 5.74) is 2.69. The summed E-state index contributed by atoms with van der Waals surface area (Å²) in [5.74, 6) is -0.294. The molecule has 1 aliphatic heterocycles. The van der Waals surface area contributed by atoms with E-state index in [-0.39, 0.29) is 17.6 Å². The molecule has 0 aliphatic carbocycles. The number of ether oxygens (including phenoxy) is 2. The molecule has 4 rings (SSSR count). The number of carbonyl (C=O) groups excluding carboxylic acids is 1. The Morgan fingerprint density at radius 2 is 2.00 bits per heavy atom. The summed E-state index contributed by atoms with van der Waals surface area (Å²) in [6.45, 7) is 4.98. The molecule has 1 atom stereocenters. The third kappa shape index (κ3) is 4.88. The van der Waals surface area contributed by atoms with Crippen LogP contribution < -0.4 is 10.6 Å². The summed E-state index contributed by atoms with van der Waals surface area (Å²) < 4.78 is 37.0. The van der Waals surface area contributed by atoms with Gasteiger partial charge in [-0.2, -0.15) is 0 Å². The number of esters is 1. The van der Waals surface area contributed by atoms with Crippen molar-refractivity contribution in [1.29, 1.82) is 0 Å². The van der Waals surface area contributed by atoms with Crippen LogP contribution in [-0.2, 0) is 19.3 Å². The maximum Gasteiger partial charge on any atom is 0.339 e. The van der Waals surface area contributed by atoms with Crippen molar-refractivity contribution >= 4 is 49.7 Å². The lowest BCUT2D eigenvalue weighted by molar-refractivity contribution is 0.0601. The smallest absolute Gasteiger partial charge is 0.339 e. The van der Waals surface area contributed by atoms with Gasteiger partial charge in [-0.25, -0.2) is 18.2 Å². The number of carbonyl (C=O) groups is 1. The van der Waals surface area contributed by atoms with Crippen LogP contribution >= 0.6 is 11.6 Å². The number of hydrogen-bond acceptors (Lipinski definition) is 8. The molecular formula is C24H26ClN3O5S. The van der Waals surface area contributed by atoms with Crippen molar-refractivity contribution in [1.82, 2.24) is 10.3 Å². The Kier molecular flexibility index (Phi) is 7.09. The highest BCUT2D eigenvalue weighted by molar-refractivity contribution is 7.92. The first kappa shape index (κ1) is 24.4. The maximum atomic E-state index is 13.3. The van der Waals surface area contributed by atoms with E-state index in [2.05, 4.69) is 15.6 Å². The van der Waals surface area contributed by atoms with Gasteiger partial charge in [-0.05, 0) is 47.9 Å². The summed E-state index contributed by atoms with van der Waals surface area (Å²) in [4.78, 5) is 16.9. The number of methoxy groups -OCH3 is 1. The molecule has 0 radical (unpaired) electrons. The predicted molar refractivity (Wildman–Crippen MR) is 132 cm³/mol. The molecule has 3 aromatic rings. The fourth-order valence-corrected chi connectivity index (χ4v) is 5.35. The average molecular weight is 504 g/mol. The highest BCUT2D eigenvalue weighted by Gasteiger charge is 2.31. The lowest BCUT2D eigenvalue weighted by Gasteiger charge is -2.24. The van der Waals surface area contributed by atoms with Crippen LogP contribution in [0.1, 0.15) is 35.7 Å². The van der Waals surface area contributed by atoms with Gasteiger partial charge >= 0.3 is 5.97 Å². The molecule has 2 heterocycles. The number of hydrogen-bond donors (Lipinski definition) is 2. The van der Waals surface area contributed by atoms with Crippen molar-refractivity contribution in [2.24, 2.45) is 0 Å². The minimum Gasteiger partial charge on any atom is -0.465 e. The van der Waals surface area contributed by atoms with Crippen LogP contribution in [-0.4, -0.2) is 51.6 Å². The number of pyridine rings is 1. The van der Waals surface area contributed by atoms with Crippen LogP contribution in [0.25, 0.3) is 10.9 Å². The van der Waals surface area contributed by atoms with Gasteiger partial charge in [-0.1, -0.05) is 31.5 Å². The molecule has 1 saturated heterocycles. The zero-order valence-electron chi connectivity index (χ0n) is 19.1. The van der Waals surface area contributed by atoms with Gasteiger partial charge in [-0.3, -0.25) is 5.32 Å². The van der Waals surface area contributed by atoms with E-state index < -0.39 is 21.2 Å². The molecule has 34 heavy (non-hydrogen) atoms. The molecule has 180 valence electrons. The molecule has 10 heteroatoms. The molecule has 1 fully saturated rings. The van der Waals surface area contributed by atoms with Crippen LogP contribution in [0.5, 0.6) is 0 Å². The van der Waals surface area contributed by atoms with E-state index in [0.717, 1.165) is 5.56 Å². The average Bonchev–Trinajstić information content (AvgIpc) is 2.84. The Morgan fingerprint density at radius 1 is 1.21 bits per heavy atom. The number of rotatable bonds is 6. The molecule has 2 N–H and O–H groups in total. The number of fused-ring (bicyclic) bond motifs is 1. The Hall–Kier alpha value is -2.72. The predicted octanol–water partition coefficient (Wildman–Crippen LogP) is 4.26. The van der Waals surface area contributed by atoms with E-state index in [1.54, 1.807) is 30.3 Å². The van der Waals surface area contributed by atoms with E-state index in [9.17, 15) is 13.2 Å². The summed E-state index contributed by atoms with van der Waals surface area (Å²) in [6.07, 6.45) is 0. The van der Waals surface area contributed by atoms with Gasteiger partial charge in [-0.15, -0.1) is 0 Å². The van der Waals surface area contributed by atoms with Crippen molar-refractivity contribution in [2.75, 3.05) is 32.2 Å². The summed E-state index contributed by atoms with van der Waals surface area (Å²) >= 11 is 6.23. The van der Waals surface area contributed by atoms with Gasteiger partial charge in [0.1, 0.15) is 5.37 Å². The van der Waals surface area contributed by atoms with Crippen molar-refractivity contribution < 1.29 is 22.7 Å². The summed E-state index contributed by atoms with van der Waals surface area (Å²) in [7, 11) is -2.52. The van der Waals surface area contributed by atoms with Gasteiger partial charge in [0.05, 0.1) is 42.8 Å². The Balaban J connectivity index is 1.85. The number of halogens is 1. The van der Waals surface area contributed by atoms with Crippen LogP contribution in [0.4, 0.5) is 11.4 Å². The normalized spacial score (nSPS) is 16.6. The second-order valence-electron chi connectivity index (χ2n) is 8.31. The third-order valence-electron chi connectivity index (χ3n) is 5.69. The quantitative estimate of drug-likeness (QED) is 0.480. The van der Waals surface area contributed by atoms with Gasteiger partial charge in [0.25, 0.3) is 0 Å². The van der Waals surface area contributed by atoms with Gasteiger partial charge in [0, 0.05) is 17.0 Å². The second kappa shape index (κ2) is 9.87. The lowest BCUT2D eigenvalue weighted by atomic mass is 9.99. The number of nitrogens with one attached hydrogen (secondary N) is 2. The molecule has 0 spiro atoms. The van der Waals surface area contributed by atoms with E-state index in [0.29, 0.717) is 46.0 Å². The molecule has 0 amide bonds. The van der Waals surface area contributed by atoms with Crippen molar-refractivity contribution in [3.8, 4) is 0 Å². The summed E-state index contributed by atoms with van der Waals surface area (Å²) in [6, 6.07) is 11.9. The largest absolute Gasteiger partial charge is 0.465 e. The fourth-order valence-electron chi connectivity index (χ4n) is 3.76. The first-order valence-electron chi connectivity index (χ1n) is 10.9. The van der Waals surface area contributed by atoms with Gasteiger partial charge < -0.3 is 14.8 Å². The van der Waals surface area contributed by atoms with E-state index in [4.69, 9.17) is 21.1 Å².